The van der Waals surface area contributed by atoms with Crippen molar-refractivity contribution in [2.75, 3.05) is 7.11 Å². The average Bonchev–Trinajstić information content (AvgIpc) is 3.18. The van der Waals surface area contributed by atoms with Crippen LogP contribution in [0.1, 0.15) is 52.1 Å². The van der Waals surface area contributed by atoms with E-state index in [2.05, 4.69) is 4.57 Å². The molecule has 6 heteroatoms. The van der Waals surface area contributed by atoms with Gasteiger partial charge in [-0.15, -0.1) is 0 Å². The van der Waals surface area contributed by atoms with E-state index in [9.17, 15) is 14.7 Å². The number of benzene rings is 1. The van der Waals surface area contributed by atoms with Crippen molar-refractivity contribution in [3.8, 4) is 11.3 Å². The Morgan fingerprint density at radius 1 is 1.15 bits per heavy atom. The third kappa shape index (κ3) is 2.54. The second-order valence-corrected chi connectivity index (χ2v) is 7.08. The van der Waals surface area contributed by atoms with Crippen molar-refractivity contribution < 1.29 is 19.4 Å². The summed E-state index contributed by atoms with van der Waals surface area (Å²) in [4.78, 5) is 24.0. The Hall–Kier alpha value is -2.53. The van der Waals surface area contributed by atoms with Gasteiger partial charge in [0.1, 0.15) is 0 Å². The Kier molecular flexibility index (Phi) is 4.11. The number of carbonyl (C=O) groups excluding carboxylic acids is 1. The number of carbonyl (C=O) groups is 2. The lowest BCUT2D eigenvalue weighted by Crippen LogP contribution is -2.05. The number of hydrogen-bond acceptors (Lipinski definition) is 3. The number of aromatic carboxylic acids is 1. The number of ether oxygens (including phenoxy) is 1. The first kappa shape index (κ1) is 16.9. The van der Waals surface area contributed by atoms with Crippen LogP contribution in [0, 0.1) is 0 Å². The van der Waals surface area contributed by atoms with Gasteiger partial charge in [-0.3, -0.25) is 0 Å². The van der Waals surface area contributed by atoms with Crippen molar-refractivity contribution in [2.45, 2.75) is 32.1 Å². The minimum Gasteiger partial charge on any atom is -0.478 e. The molecule has 0 atom stereocenters. The van der Waals surface area contributed by atoms with Crippen molar-refractivity contribution in [2.24, 2.45) is 0 Å². The van der Waals surface area contributed by atoms with Crippen molar-refractivity contribution in [1.29, 1.82) is 0 Å². The molecule has 26 heavy (non-hydrogen) atoms. The van der Waals surface area contributed by atoms with Crippen LogP contribution in [0.4, 0.5) is 0 Å². The number of allylic oxidation sites excluding steroid dienone is 2. The standard InChI is InChI=1S/C20H18ClNO4/c1-26-20(25)15-10-18(14-9-12(21)6-7-13(14)19(23)24)22-16-5-3-2-4-11(16)8-17(15)22/h6-7,9-10H,2-5,8H2,1H3,(H,23,24). The molecule has 2 aromatic rings. The maximum atomic E-state index is 12.3. The number of carboxylic acid groups (broad SMARTS) is 1. The Morgan fingerprint density at radius 2 is 1.92 bits per heavy atom. The number of esters is 1. The summed E-state index contributed by atoms with van der Waals surface area (Å²) in [5.74, 6) is -1.43. The molecule has 0 fully saturated rings. The first-order valence-electron chi connectivity index (χ1n) is 8.58. The van der Waals surface area contributed by atoms with Gasteiger partial charge < -0.3 is 14.4 Å². The first-order valence-corrected chi connectivity index (χ1v) is 8.96. The molecule has 1 aliphatic carbocycles. The monoisotopic (exact) mass is 371 g/mol. The minimum absolute atomic E-state index is 0.163. The molecule has 1 N–H and O–H groups in total. The van der Waals surface area contributed by atoms with Crippen LogP contribution < -0.4 is 0 Å². The van der Waals surface area contributed by atoms with Gasteiger partial charge >= 0.3 is 11.9 Å². The summed E-state index contributed by atoms with van der Waals surface area (Å²) >= 11 is 6.15. The van der Waals surface area contributed by atoms with Crippen LogP contribution in [0.5, 0.6) is 0 Å². The lowest BCUT2D eigenvalue weighted by atomic mass is 9.94. The number of rotatable bonds is 3. The van der Waals surface area contributed by atoms with E-state index in [1.807, 2.05) is 0 Å². The molecule has 0 spiro atoms. The van der Waals surface area contributed by atoms with Gasteiger partial charge in [-0.2, -0.15) is 0 Å². The van der Waals surface area contributed by atoms with E-state index in [1.165, 1.54) is 24.4 Å². The number of aromatic nitrogens is 1. The highest BCUT2D eigenvalue weighted by Crippen LogP contribution is 2.43. The number of methoxy groups -OCH3 is 1. The number of fused-ring (bicyclic) bond motifs is 2. The zero-order valence-corrected chi connectivity index (χ0v) is 15.1. The van der Waals surface area contributed by atoms with Gasteiger partial charge in [0, 0.05) is 28.4 Å². The number of hydrogen-bond donors (Lipinski definition) is 1. The lowest BCUT2D eigenvalue weighted by Gasteiger charge is -2.18. The molecule has 0 saturated heterocycles. The summed E-state index contributed by atoms with van der Waals surface area (Å²) in [6, 6.07) is 6.45. The Bertz CT molecular complexity index is 970. The molecule has 2 aliphatic rings. The number of nitrogens with zero attached hydrogens (tertiary/aromatic N) is 1. The fourth-order valence-electron chi connectivity index (χ4n) is 4.05. The van der Waals surface area contributed by atoms with Crippen molar-refractivity contribution in [3.63, 3.8) is 0 Å². The van der Waals surface area contributed by atoms with Gasteiger partial charge in [0.25, 0.3) is 0 Å². The molecule has 1 aliphatic heterocycles. The SMILES string of the molecule is COC(=O)c1cc(-c2cc(Cl)ccc2C(=O)O)n2c1CC1=C2CCCC1. The van der Waals surface area contributed by atoms with Gasteiger partial charge in [0.05, 0.1) is 23.9 Å². The predicted octanol–water partition coefficient (Wildman–Crippen LogP) is 4.63. The highest BCUT2D eigenvalue weighted by atomic mass is 35.5. The van der Waals surface area contributed by atoms with E-state index in [0.717, 1.165) is 31.4 Å². The summed E-state index contributed by atoms with van der Waals surface area (Å²) in [6.07, 6.45) is 4.88. The fourth-order valence-corrected chi connectivity index (χ4v) is 4.22. The van der Waals surface area contributed by atoms with Gasteiger partial charge in [-0.1, -0.05) is 11.6 Å². The van der Waals surface area contributed by atoms with Gasteiger partial charge in [-0.25, -0.2) is 9.59 Å². The highest BCUT2D eigenvalue weighted by molar-refractivity contribution is 6.31. The van der Waals surface area contributed by atoms with Crippen molar-refractivity contribution in [3.05, 3.63) is 51.7 Å². The van der Waals surface area contributed by atoms with Crippen molar-refractivity contribution in [1.82, 2.24) is 4.57 Å². The van der Waals surface area contributed by atoms with E-state index in [0.29, 0.717) is 28.3 Å². The zero-order valence-electron chi connectivity index (χ0n) is 14.3. The van der Waals surface area contributed by atoms with E-state index in [1.54, 1.807) is 18.2 Å². The largest absolute Gasteiger partial charge is 0.478 e. The molecule has 5 nitrogen and oxygen atoms in total. The molecule has 1 aromatic carbocycles. The molecule has 0 saturated carbocycles. The average molecular weight is 372 g/mol. The number of carboxylic acids is 1. The zero-order chi connectivity index (χ0) is 18.4. The van der Waals surface area contributed by atoms with Crippen LogP contribution in [-0.4, -0.2) is 28.7 Å². The van der Waals surface area contributed by atoms with Gasteiger partial charge in [0.15, 0.2) is 0 Å². The highest BCUT2D eigenvalue weighted by Gasteiger charge is 2.32. The van der Waals surface area contributed by atoms with Crippen LogP contribution in [0.25, 0.3) is 17.0 Å². The van der Waals surface area contributed by atoms with E-state index in [4.69, 9.17) is 16.3 Å². The van der Waals surface area contributed by atoms with Crippen LogP contribution in [-0.2, 0) is 11.2 Å². The summed E-state index contributed by atoms with van der Waals surface area (Å²) in [5, 5.41) is 10.1. The second kappa shape index (κ2) is 6.32. The summed E-state index contributed by atoms with van der Waals surface area (Å²) < 4.78 is 7.01. The van der Waals surface area contributed by atoms with E-state index >= 15 is 0 Å². The Morgan fingerprint density at radius 3 is 2.65 bits per heavy atom. The predicted molar refractivity (Wildman–Crippen MR) is 98.6 cm³/mol. The van der Waals surface area contributed by atoms with Crippen LogP contribution in [0.15, 0.2) is 29.8 Å². The van der Waals surface area contributed by atoms with Crippen LogP contribution >= 0.6 is 11.6 Å². The molecular formula is C20H18ClNO4. The summed E-state index contributed by atoms with van der Waals surface area (Å²) in [5.41, 5.74) is 5.26. The summed E-state index contributed by atoms with van der Waals surface area (Å²) in [7, 11) is 1.36. The van der Waals surface area contributed by atoms with Gasteiger partial charge in [0.2, 0.25) is 0 Å². The molecular weight excluding hydrogens is 354 g/mol. The molecule has 0 radical (unpaired) electrons. The molecule has 2 heterocycles. The summed E-state index contributed by atoms with van der Waals surface area (Å²) in [6.45, 7) is 0. The molecule has 0 bridgehead atoms. The second-order valence-electron chi connectivity index (χ2n) is 6.65. The Balaban J connectivity index is 1.99. The maximum absolute atomic E-state index is 12.3. The number of halogens is 1. The third-order valence-electron chi connectivity index (χ3n) is 5.20. The molecule has 0 unspecified atom stereocenters. The minimum atomic E-state index is -1.03. The van der Waals surface area contributed by atoms with Gasteiger partial charge in [-0.05, 0) is 55.5 Å². The smallest absolute Gasteiger partial charge is 0.339 e. The van der Waals surface area contributed by atoms with Crippen molar-refractivity contribution >= 4 is 29.2 Å². The van der Waals surface area contributed by atoms with Crippen LogP contribution in [0.3, 0.4) is 0 Å². The fraction of sp³-hybridized carbons (Fsp3) is 0.300. The maximum Gasteiger partial charge on any atom is 0.339 e. The third-order valence-corrected chi connectivity index (χ3v) is 5.43. The first-order chi connectivity index (χ1) is 12.5. The molecule has 0 amide bonds. The molecule has 4 rings (SSSR count). The quantitative estimate of drug-likeness (QED) is 0.798. The van der Waals surface area contributed by atoms with E-state index < -0.39 is 11.9 Å². The van der Waals surface area contributed by atoms with Crippen LogP contribution in [0.2, 0.25) is 5.02 Å². The molecule has 1 aromatic heterocycles. The lowest BCUT2D eigenvalue weighted by molar-refractivity contribution is 0.0599. The topological polar surface area (TPSA) is 68.5 Å². The molecule has 134 valence electrons. The van der Waals surface area contributed by atoms with E-state index in [-0.39, 0.29) is 5.56 Å². The Labute approximate surface area is 155 Å². The normalized spacial score (nSPS) is 15.6.